The number of hydrogen-bond donors (Lipinski definition) is 1. The van der Waals surface area contributed by atoms with E-state index in [9.17, 15) is 0 Å². The predicted octanol–water partition coefficient (Wildman–Crippen LogP) is 1.61. The van der Waals surface area contributed by atoms with Crippen molar-refractivity contribution in [2.45, 2.75) is 44.6 Å². The quantitative estimate of drug-likeness (QED) is 0.710. The summed E-state index contributed by atoms with van der Waals surface area (Å²) in [4.78, 5) is 2.58. The minimum absolute atomic E-state index is 0.500. The average molecular weight is 182 g/mol. The minimum Gasteiger partial charge on any atom is -0.310 e. The summed E-state index contributed by atoms with van der Waals surface area (Å²) in [5.41, 5.74) is 0.500. The summed E-state index contributed by atoms with van der Waals surface area (Å²) in [5.74, 6) is 0. The summed E-state index contributed by atoms with van der Waals surface area (Å²) in [6.45, 7) is 7.48. The Morgan fingerprint density at radius 1 is 1.15 bits per heavy atom. The van der Waals surface area contributed by atoms with Crippen LogP contribution in [0.4, 0.5) is 0 Å². The van der Waals surface area contributed by atoms with Gasteiger partial charge in [-0.3, -0.25) is 0 Å². The van der Waals surface area contributed by atoms with Gasteiger partial charge >= 0.3 is 0 Å². The first-order valence-electron chi connectivity index (χ1n) is 5.76. The third kappa shape index (κ3) is 2.44. The molecule has 76 valence electrons. The predicted molar refractivity (Wildman–Crippen MR) is 55.9 cm³/mol. The number of nitrogens with zero attached hydrogens (tertiary/aromatic N) is 1. The van der Waals surface area contributed by atoms with Gasteiger partial charge in [0.15, 0.2) is 0 Å². The lowest BCUT2D eigenvalue weighted by Crippen LogP contribution is -2.50. The Kier molecular flexibility index (Phi) is 2.89. The Hall–Kier alpha value is -0.0800. The van der Waals surface area contributed by atoms with Crippen LogP contribution in [0.25, 0.3) is 0 Å². The SMILES string of the molecule is CC1(NCCN2CCCC2)CCC1. The molecule has 2 nitrogen and oxygen atoms in total. The molecular formula is C11H22N2. The maximum atomic E-state index is 3.68. The van der Waals surface area contributed by atoms with Gasteiger partial charge in [-0.1, -0.05) is 0 Å². The molecule has 2 aliphatic rings. The summed E-state index contributed by atoms with van der Waals surface area (Å²) in [7, 11) is 0. The van der Waals surface area contributed by atoms with Gasteiger partial charge < -0.3 is 10.2 Å². The molecule has 1 N–H and O–H groups in total. The molecule has 0 bridgehead atoms. The van der Waals surface area contributed by atoms with Gasteiger partial charge in [-0.25, -0.2) is 0 Å². The maximum absolute atomic E-state index is 3.68. The summed E-state index contributed by atoms with van der Waals surface area (Å²) >= 11 is 0. The van der Waals surface area contributed by atoms with E-state index in [1.54, 1.807) is 0 Å². The van der Waals surface area contributed by atoms with Gasteiger partial charge in [0.1, 0.15) is 0 Å². The van der Waals surface area contributed by atoms with E-state index in [4.69, 9.17) is 0 Å². The highest BCUT2D eigenvalue weighted by Crippen LogP contribution is 2.30. The molecule has 13 heavy (non-hydrogen) atoms. The zero-order valence-corrected chi connectivity index (χ0v) is 8.81. The van der Waals surface area contributed by atoms with Crippen molar-refractivity contribution in [2.24, 2.45) is 0 Å². The summed E-state index contributed by atoms with van der Waals surface area (Å²) in [6.07, 6.45) is 7.02. The van der Waals surface area contributed by atoms with E-state index >= 15 is 0 Å². The molecule has 0 spiro atoms. The van der Waals surface area contributed by atoms with E-state index in [0.29, 0.717) is 5.54 Å². The van der Waals surface area contributed by atoms with Gasteiger partial charge in [-0.05, 0) is 52.1 Å². The van der Waals surface area contributed by atoms with Crippen molar-refractivity contribution in [2.75, 3.05) is 26.2 Å². The van der Waals surface area contributed by atoms with Crippen LogP contribution in [0.15, 0.2) is 0 Å². The van der Waals surface area contributed by atoms with Crippen molar-refractivity contribution in [1.82, 2.24) is 10.2 Å². The lowest BCUT2D eigenvalue weighted by Gasteiger charge is -2.39. The zero-order valence-electron chi connectivity index (χ0n) is 8.81. The Bertz CT molecular complexity index is 157. The molecule has 1 heterocycles. The van der Waals surface area contributed by atoms with Crippen molar-refractivity contribution < 1.29 is 0 Å². The van der Waals surface area contributed by atoms with Crippen molar-refractivity contribution in [3.63, 3.8) is 0 Å². The molecule has 2 heteroatoms. The van der Waals surface area contributed by atoms with E-state index in [2.05, 4.69) is 17.1 Å². The number of nitrogens with one attached hydrogen (secondary N) is 1. The summed E-state index contributed by atoms with van der Waals surface area (Å²) in [6, 6.07) is 0. The van der Waals surface area contributed by atoms with E-state index < -0.39 is 0 Å². The average Bonchev–Trinajstić information content (AvgIpc) is 2.54. The fraction of sp³-hybridized carbons (Fsp3) is 1.00. The second-order valence-corrected chi connectivity index (χ2v) is 4.89. The first-order valence-corrected chi connectivity index (χ1v) is 5.76. The second kappa shape index (κ2) is 3.97. The Labute approximate surface area is 81.7 Å². The van der Waals surface area contributed by atoms with Crippen LogP contribution in [0.2, 0.25) is 0 Å². The van der Waals surface area contributed by atoms with Crippen LogP contribution in [0.1, 0.15) is 39.0 Å². The Balaban J connectivity index is 1.57. The third-order valence-electron chi connectivity index (χ3n) is 3.64. The van der Waals surface area contributed by atoms with Crippen molar-refractivity contribution >= 4 is 0 Å². The molecule has 0 radical (unpaired) electrons. The normalized spacial score (nSPS) is 27.5. The fourth-order valence-electron chi connectivity index (χ4n) is 2.41. The number of hydrogen-bond acceptors (Lipinski definition) is 2. The third-order valence-corrected chi connectivity index (χ3v) is 3.64. The van der Waals surface area contributed by atoms with Crippen LogP contribution >= 0.6 is 0 Å². The topological polar surface area (TPSA) is 15.3 Å². The van der Waals surface area contributed by atoms with Crippen LogP contribution in [0.3, 0.4) is 0 Å². The Morgan fingerprint density at radius 3 is 2.38 bits per heavy atom. The lowest BCUT2D eigenvalue weighted by molar-refractivity contribution is 0.198. The van der Waals surface area contributed by atoms with Gasteiger partial charge in [-0.2, -0.15) is 0 Å². The summed E-state index contributed by atoms with van der Waals surface area (Å²) < 4.78 is 0. The molecule has 0 aromatic rings. The molecule has 0 amide bonds. The molecule has 2 fully saturated rings. The van der Waals surface area contributed by atoms with E-state index in [-0.39, 0.29) is 0 Å². The molecule has 0 aromatic carbocycles. The van der Waals surface area contributed by atoms with Gasteiger partial charge in [0.25, 0.3) is 0 Å². The van der Waals surface area contributed by atoms with Crippen LogP contribution in [0, 0.1) is 0 Å². The first kappa shape index (κ1) is 9.47. The molecule has 1 saturated carbocycles. The molecule has 2 rings (SSSR count). The number of likely N-dealkylation sites (tertiary alicyclic amines) is 1. The summed E-state index contributed by atoms with van der Waals surface area (Å²) in [5, 5.41) is 3.68. The van der Waals surface area contributed by atoms with Crippen molar-refractivity contribution in [3.8, 4) is 0 Å². The monoisotopic (exact) mass is 182 g/mol. The number of rotatable bonds is 4. The molecule has 1 saturated heterocycles. The first-order chi connectivity index (χ1) is 6.29. The van der Waals surface area contributed by atoms with Gasteiger partial charge in [0, 0.05) is 18.6 Å². The molecule has 0 unspecified atom stereocenters. The van der Waals surface area contributed by atoms with Crippen LogP contribution < -0.4 is 5.32 Å². The Morgan fingerprint density at radius 2 is 1.85 bits per heavy atom. The molecule has 0 atom stereocenters. The smallest absolute Gasteiger partial charge is 0.0153 e. The largest absolute Gasteiger partial charge is 0.310 e. The zero-order chi connectivity index (χ0) is 9.15. The van der Waals surface area contributed by atoms with E-state index in [0.717, 1.165) is 0 Å². The molecule has 1 aliphatic carbocycles. The van der Waals surface area contributed by atoms with E-state index in [1.807, 2.05) is 0 Å². The minimum atomic E-state index is 0.500. The van der Waals surface area contributed by atoms with Crippen molar-refractivity contribution in [3.05, 3.63) is 0 Å². The van der Waals surface area contributed by atoms with Gasteiger partial charge in [-0.15, -0.1) is 0 Å². The van der Waals surface area contributed by atoms with Crippen LogP contribution in [-0.2, 0) is 0 Å². The molecular weight excluding hydrogens is 160 g/mol. The highest BCUT2D eigenvalue weighted by atomic mass is 15.2. The van der Waals surface area contributed by atoms with Crippen LogP contribution in [-0.4, -0.2) is 36.6 Å². The van der Waals surface area contributed by atoms with Crippen LogP contribution in [0.5, 0.6) is 0 Å². The highest BCUT2D eigenvalue weighted by Gasteiger charge is 2.30. The standard InChI is InChI=1S/C11H22N2/c1-11(5-4-6-11)12-7-10-13-8-2-3-9-13/h12H,2-10H2,1H3. The van der Waals surface area contributed by atoms with Crippen molar-refractivity contribution in [1.29, 1.82) is 0 Å². The highest BCUT2D eigenvalue weighted by molar-refractivity contribution is 4.91. The van der Waals surface area contributed by atoms with Gasteiger partial charge in [0.05, 0.1) is 0 Å². The maximum Gasteiger partial charge on any atom is 0.0153 e. The van der Waals surface area contributed by atoms with E-state index in [1.165, 1.54) is 58.3 Å². The lowest BCUT2D eigenvalue weighted by atomic mass is 9.78. The molecule has 0 aromatic heterocycles. The fourth-order valence-corrected chi connectivity index (χ4v) is 2.41. The second-order valence-electron chi connectivity index (χ2n) is 4.89. The van der Waals surface area contributed by atoms with Gasteiger partial charge in [0.2, 0.25) is 0 Å². The molecule has 1 aliphatic heterocycles.